The average Bonchev–Trinajstić information content (AvgIpc) is 1.55. The predicted octanol–water partition coefficient (Wildman–Crippen LogP) is 26.8. The van der Waals surface area contributed by atoms with E-state index in [4.69, 9.17) is 49.8 Å². The highest BCUT2D eigenvalue weighted by Gasteiger charge is 2.26. The lowest BCUT2D eigenvalue weighted by Crippen LogP contribution is -2.00. The highest BCUT2D eigenvalue weighted by atomic mass is 32.1. The minimum absolute atomic E-state index is 0.566. The second-order valence-corrected chi connectivity index (χ2v) is 31.9. The third-order valence-corrected chi connectivity index (χ3v) is 25.5. The van der Waals surface area contributed by atoms with Gasteiger partial charge in [-0.05, 0) is 94.5 Å². The van der Waals surface area contributed by atoms with E-state index >= 15 is 0 Å². The SMILES string of the molecule is c1ccc(-c2cccc(-c3nc(-c4ccccc4)nc(-c4ccc5sc6c(-c7ccccc7-c7cccc(-c8nc(-c9ccccc9)nc(-c9ccc%10sc%11cc(-c%12nc(-c%13ccccc%13)nc%13c%12sc%12ccccc%12%13)ccc%11c%10c9)n8)c7)ccc(-c7nc(-c8ccccc8)nc8c7sc7ccccc78)c6c5c4)n3)c2)cc1. The first-order valence-electron chi connectivity index (χ1n) is 36.9. The lowest BCUT2D eigenvalue weighted by Gasteiger charge is -2.15. The Morgan fingerprint density at radius 1 is 0.161 bits per heavy atom. The molecule has 0 aliphatic heterocycles. The molecule has 0 amide bonds. The van der Waals surface area contributed by atoms with Crippen LogP contribution in [0.5, 0.6) is 0 Å². The van der Waals surface area contributed by atoms with Crippen molar-refractivity contribution in [3.8, 4) is 147 Å². The number of thiophene rings is 4. The Labute approximate surface area is 657 Å². The maximum atomic E-state index is 5.64. The lowest BCUT2D eigenvalue weighted by molar-refractivity contribution is 1.07. The van der Waals surface area contributed by atoms with Gasteiger partial charge in [-0.15, -0.1) is 45.3 Å². The Kier molecular flexibility index (Phi) is 15.8. The third-order valence-electron chi connectivity index (χ3n) is 20.9. The van der Waals surface area contributed by atoms with Crippen molar-refractivity contribution in [2.24, 2.45) is 0 Å². The van der Waals surface area contributed by atoms with Gasteiger partial charge in [0.1, 0.15) is 0 Å². The fourth-order valence-corrected chi connectivity index (χ4v) is 20.1. The van der Waals surface area contributed by atoms with Crippen LogP contribution in [0.25, 0.3) is 228 Å². The molecular weight excluding hydrogens is 1450 g/mol. The fourth-order valence-electron chi connectivity index (χ4n) is 15.5. The maximum Gasteiger partial charge on any atom is 0.164 e. The molecule has 10 nitrogen and oxygen atoms in total. The predicted molar refractivity (Wildman–Crippen MR) is 467 cm³/mol. The van der Waals surface area contributed by atoms with Crippen LogP contribution in [0.1, 0.15) is 0 Å². The van der Waals surface area contributed by atoms with Gasteiger partial charge in [-0.1, -0.05) is 273 Å². The number of hydrogen-bond donors (Lipinski definition) is 0. The van der Waals surface area contributed by atoms with Gasteiger partial charge < -0.3 is 0 Å². The van der Waals surface area contributed by atoms with E-state index in [1.54, 1.807) is 45.3 Å². The van der Waals surface area contributed by atoms with E-state index in [-0.39, 0.29) is 0 Å². The first kappa shape index (κ1) is 65.2. The monoisotopic (exact) mass is 1500 g/mol. The van der Waals surface area contributed by atoms with Gasteiger partial charge in [-0.3, -0.25) is 0 Å². The van der Waals surface area contributed by atoms with Crippen LogP contribution in [-0.2, 0) is 0 Å². The molecule has 0 atom stereocenters. The zero-order valence-corrected chi connectivity index (χ0v) is 62.7. The molecule has 522 valence electrons. The summed E-state index contributed by atoms with van der Waals surface area (Å²) in [6.07, 6.45) is 0. The highest BCUT2D eigenvalue weighted by Crippen LogP contribution is 2.51. The Balaban J connectivity index is 0.685. The molecule has 0 aliphatic rings. The summed E-state index contributed by atoms with van der Waals surface area (Å²) < 4.78 is 8.98. The van der Waals surface area contributed by atoms with Gasteiger partial charge >= 0.3 is 0 Å². The number of benzene rings is 14. The second-order valence-electron chi connectivity index (χ2n) is 27.7. The summed E-state index contributed by atoms with van der Waals surface area (Å²) in [5.74, 6) is 4.85. The molecule has 112 heavy (non-hydrogen) atoms. The van der Waals surface area contributed by atoms with Gasteiger partial charge in [-0.25, -0.2) is 49.8 Å². The topological polar surface area (TPSA) is 129 Å². The molecule has 0 aliphatic carbocycles. The molecule has 0 saturated heterocycles. The summed E-state index contributed by atoms with van der Waals surface area (Å²) in [5, 5.41) is 6.65. The molecule has 0 spiro atoms. The van der Waals surface area contributed by atoms with E-state index in [1.807, 2.05) is 66.7 Å². The number of aromatic nitrogens is 10. The van der Waals surface area contributed by atoms with Crippen molar-refractivity contribution < 1.29 is 0 Å². The third kappa shape index (κ3) is 11.5. The Morgan fingerprint density at radius 2 is 0.536 bits per heavy atom. The van der Waals surface area contributed by atoms with Crippen molar-refractivity contribution in [1.82, 2.24) is 49.8 Å². The molecule has 8 aromatic heterocycles. The molecule has 0 N–H and O–H groups in total. The molecule has 14 heteroatoms. The molecule has 0 unspecified atom stereocenters. The average molecular weight is 1500 g/mol. The van der Waals surface area contributed by atoms with Gasteiger partial charge in [0, 0.05) is 122 Å². The van der Waals surface area contributed by atoms with Crippen molar-refractivity contribution in [1.29, 1.82) is 0 Å². The standard InChI is InChI=1S/C98H56N10S4/c1-6-24-57(25-7-1)62-34-22-36-65(52-62)95-103-93(60-30-12-4-13-31-60)106-98(107-95)68-46-51-81-77(55-68)83-75(87-90-86(74-41-19-21-43-79(74)112-90)101-92(102-87)59-28-10-3-11-29-59)49-48-72(88(83)110-81)70-39-17-16-38-69(70)63-35-23-37-66(53-63)96-104-94(61-32-14-5-15-33-61)105-97(108-96)67-45-50-80-76(54-67)71-47-44-64(56-82(71)109-80)84-89-85(73-40-18-20-42-78(73)111-89)100-91(99-84)58-26-8-2-9-27-58/h1-56H. The molecule has 0 saturated carbocycles. The number of hydrogen-bond acceptors (Lipinski definition) is 14. The molecule has 0 fully saturated rings. The lowest BCUT2D eigenvalue weighted by atomic mass is 9.91. The van der Waals surface area contributed by atoms with Crippen molar-refractivity contribution in [2.45, 2.75) is 0 Å². The van der Waals surface area contributed by atoms with E-state index in [2.05, 4.69) is 273 Å². The van der Waals surface area contributed by atoms with E-state index in [9.17, 15) is 0 Å². The maximum absolute atomic E-state index is 5.64. The number of nitrogens with zero attached hydrogens (tertiary/aromatic N) is 10. The fraction of sp³-hybridized carbons (Fsp3) is 0. The van der Waals surface area contributed by atoms with Crippen molar-refractivity contribution in [2.75, 3.05) is 0 Å². The van der Waals surface area contributed by atoms with Crippen LogP contribution in [0.3, 0.4) is 0 Å². The highest BCUT2D eigenvalue weighted by molar-refractivity contribution is 7.27. The minimum atomic E-state index is 0.566. The van der Waals surface area contributed by atoms with Crippen molar-refractivity contribution >= 4 is 126 Å². The Bertz CT molecular complexity index is 7510. The van der Waals surface area contributed by atoms with Crippen LogP contribution in [0.4, 0.5) is 0 Å². The van der Waals surface area contributed by atoms with Gasteiger partial charge in [0.25, 0.3) is 0 Å². The van der Waals surface area contributed by atoms with E-state index < -0.39 is 0 Å². The van der Waals surface area contributed by atoms with E-state index in [0.29, 0.717) is 46.6 Å². The summed E-state index contributed by atoms with van der Waals surface area (Å²) in [5.41, 5.74) is 19.4. The van der Waals surface area contributed by atoms with Crippen LogP contribution in [-0.4, -0.2) is 49.8 Å². The normalized spacial score (nSPS) is 11.8. The van der Waals surface area contributed by atoms with Crippen molar-refractivity contribution in [3.05, 3.63) is 340 Å². The quantitative estimate of drug-likeness (QED) is 0.110. The second kappa shape index (κ2) is 27.1. The summed E-state index contributed by atoms with van der Waals surface area (Å²) in [7, 11) is 0. The van der Waals surface area contributed by atoms with Crippen LogP contribution >= 0.6 is 45.3 Å². The van der Waals surface area contributed by atoms with Crippen LogP contribution < -0.4 is 0 Å². The summed E-state index contributed by atoms with van der Waals surface area (Å²) >= 11 is 7.05. The molecular formula is C98H56N10S4. The van der Waals surface area contributed by atoms with E-state index in [0.717, 1.165) is 172 Å². The smallest absolute Gasteiger partial charge is 0.164 e. The van der Waals surface area contributed by atoms with Gasteiger partial charge in [-0.2, -0.15) is 0 Å². The zero-order chi connectivity index (χ0) is 73.7. The van der Waals surface area contributed by atoms with Crippen LogP contribution in [0, 0.1) is 0 Å². The summed E-state index contributed by atoms with van der Waals surface area (Å²) in [4.78, 5) is 53.4. The van der Waals surface area contributed by atoms with Gasteiger partial charge in [0.05, 0.1) is 31.8 Å². The zero-order valence-electron chi connectivity index (χ0n) is 59.4. The first-order valence-corrected chi connectivity index (χ1v) is 40.2. The molecule has 14 aromatic carbocycles. The molecule has 0 radical (unpaired) electrons. The molecule has 22 rings (SSSR count). The minimum Gasteiger partial charge on any atom is -0.226 e. The Morgan fingerprint density at radius 3 is 1.09 bits per heavy atom. The molecule has 22 aromatic rings. The number of fused-ring (bicyclic) bond motifs is 12. The van der Waals surface area contributed by atoms with Crippen molar-refractivity contribution in [3.63, 3.8) is 0 Å². The van der Waals surface area contributed by atoms with Gasteiger partial charge in [0.15, 0.2) is 46.6 Å². The summed E-state index contributed by atoms with van der Waals surface area (Å²) in [6.45, 7) is 0. The Hall–Kier alpha value is -13.9. The summed E-state index contributed by atoms with van der Waals surface area (Å²) in [6, 6.07) is 119. The largest absolute Gasteiger partial charge is 0.226 e. The molecule has 8 heterocycles. The van der Waals surface area contributed by atoms with E-state index in [1.165, 1.54) is 9.40 Å². The van der Waals surface area contributed by atoms with Gasteiger partial charge in [0.2, 0.25) is 0 Å². The van der Waals surface area contributed by atoms with Crippen LogP contribution in [0.2, 0.25) is 0 Å². The molecule has 0 bridgehead atoms. The van der Waals surface area contributed by atoms with Crippen LogP contribution in [0.15, 0.2) is 340 Å². The first-order chi connectivity index (χ1) is 55.4. The number of rotatable bonds is 13.